The van der Waals surface area contributed by atoms with E-state index in [0.717, 1.165) is 56.4 Å². The number of rotatable bonds is 10. The van der Waals surface area contributed by atoms with Crippen molar-refractivity contribution in [3.8, 4) is 0 Å². The van der Waals surface area contributed by atoms with E-state index in [1.807, 2.05) is 0 Å². The number of benzene rings is 2. The minimum Gasteiger partial charge on any atom is -0.383 e. The first-order chi connectivity index (χ1) is 18.9. The van der Waals surface area contributed by atoms with E-state index in [1.54, 1.807) is 12.1 Å². The molecule has 1 saturated carbocycles. The summed E-state index contributed by atoms with van der Waals surface area (Å²) >= 11 is 0. The SMILES string of the molecule is COCCNS(=O)(=O)c1cccc(C(=O)Nc2nc3cc(CN4CCCCC4)ccc3n2C2CCCCC2)c1. The van der Waals surface area contributed by atoms with Crippen LogP contribution in [0.4, 0.5) is 5.95 Å². The average molecular weight is 554 g/mol. The molecule has 1 aromatic heterocycles. The molecule has 5 rings (SSSR count). The zero-order valence-corrected chi connectivity index (χ0v) is 23.5. The van der Waals surface area contributed by atoms with Crippen LogP contribution in [-0.2, 0) is 21.3 Å². The van der Waals surface area contributed by atoms with E-state index < -0.39 is 10.0 Å². The van der Waals surface area contributed by atoms with Gasteiger partial charge in [-0.2, -0.15) is 0 Å². The van der Waals surface area contributed by atoms with Crippen LogP contribution in [0, 0.1) is 0 Å². The van der Waals surface area contributed by atoms with Gasteiger partial charge in [0, 0.05) is 31.8 Å². The molecule has 1 aliphatic heterocycles. The van der Waals surface area contributed by atoms with Gasteiger partial charge in [-0.25, -0.2) is 18.1 Å². The summed E-state index contributed by atoms with van der Waals surface area (Å²) in [6.45, 7) is 3.59. The third-order valence-corrected chi connectivity index (χ3v) is 9.24. The number of sulfonamides is 1. The Morgan fingerprint density at radius 2 is 1.79 bits per heavy atom. The van der Waals surface area contributed by atoms with Crippen LogP contribution in [0.1, 0.15) is 73.3 Å². The van der Waals surface area contributed by atoms with Crippen molar-refractivity contribution in [3.63, 3.8) is 0 Å². The first-order valence-corrected chi connectivity index (χ1v) is 15.6. The van der Waals surface area contributed by atoms with Gasteiger partial charge in [-0.1, -0.05) is 37.8 Å². The number of piperidine rings is 1. The summed E-state index contributed by atoms with van der Waals surface area (Å²) in [6.07, 6.45) is 9.44. The molecule has 0 spiro atoms. The summed E-state index contributed by atoms with van der Waals surface area (Å²) in [5.41, 5.74) is 3.40. The summed E-state index contributed by atoms with van der Waals surface area (Å²) in [5.74, 6) is 0.133. The highest BCUT2D eigenvalue weighted by Crippen LogP contribution is 2.35. The molecular formula is C29H39N5O4S. The molecule has 39 heavy (non-hydrogen) atoms. The number of nitrogens with one attached hydrogen (secondary N) is 2. The molecule has 210 valence electrons. The third kappa shape index (κ3) is 6.69. The second-order valence-corrected chi connectivity index (χ2v) is 12.4. The van der Waals surface area contributed by atoms with Crippen molar-refractivity contribution in [2.75, 3.05) is 38.7 Å². The minimum atomic E-state index is -3.76. The van der Waals surface area contributed by atoms with Crippen molar-refractivity contribution >= 4 is 32.9 Å². The van der Waals surface area contributed by atoms with Gasteiger partial charge in [0.1, 0.15) is 0 Å². The molecule has 2 aromatic carbocycles. The van der Waals surface area contributed by atoms with Crippen LogP contribution >= 0.6 is 0 Å². The second kappa shape index (κ2) is 12.6. The lowest BCUT2D eigenvalue weighted by Crippen LogP contribution is -2.29. The highest BCUT2D eigenvalue weighted by Gasteiger charge is 2.24. The molecule has 9 nitrogen and oxygen atoms in total. The molecule has 10 heteroatoms. The van der Waals surface area contributed by atoms with Crippen molar-refractivity contribution in [1.29, 1.82) is 0 Å². The number of imidazole rings is 1. The number of likely N-dealkylation sites (tertiary alicyclic amines) is 1. The van der Waals surface area contributed by atoms with Gasteiger partial charge in [-0.05, 0) is 74.7 Å². The van der Waals surface area contributed by atoms with Crippen LogP contribution in [0.2, 0.25) is 0 Å². The maximum absolute atomic E-state index is 13.4. The van der Waals surface area contributed by atoms with Crippen molar-refractivity contribution in [2.24, 2.45) is 0 Å². The summed E-state index contributed by atoms with van der Waals surface area (Å²) in [5, 5.41) is 3.01. The molecule has 1 amide bonds. The Kier molecular flexibility index (Phi) is 8.96. The number of anilines is 1. The molecule has 3 aromatic rings. The van der Waals surface area contributed by atoms with Gasteiger partial charge in [0.25, 0.3) is 5.91 Å². The summed E-state index contributed by atoms with van der Waals surface area (Å²) in [6, 6.07) is 12.8. The zero-order valence-electron chi connectivity index (χ0n) is 22.7. The van der Waals surface area contributed by atoms with Crippen molar-refractivity contribution < 1.29 is 17.9 Å². The topological polar surface area (TPSA) is 106 Å². The van der Waals surface area contributed by atoms with Crippen LogP contribution in [0.3, 0.4) is 0 Å². The fourth-order valence-corrected chi connectivity index (χ4v) is 6.81. The Bertz CT molecular complexity index is 1390. The average Bonchev–Trinajstić information content (AvgIpc) is 3.31. The molecule has 2 fully saturated rings. The molecular weight excluding hydrogens is 514 g/mol. The number of hydrogen-bond donors (Lipinski definition) is 2. The van der Waals surface area contributed by atoms with Gasteiger partial charge in [0.2, 0.25) is 16.0 Å². The summed E-state index contributed by atoms with van der Waals surface area (Å²) in [4.78, 5) is 20.8. The van der Waals surface area contributed by atoms with Crippen LogP contribution in [-0.4, -0.2) is 62.1 Å². The highest BCUT2D eigenvalue weighted by molar-refractivity contribution is 7.89. The summed E-state index contributed by atoms with van der Waals surface area (Å²) in [7, 11) is -2.25. The maximum atomic E-state index is 13.4. The van der Waals surface area contributed by atoms with Crippen LogP contribution < -0.4 is 10.0 Å². The van der Waals surface area contributed by atoms with E-state index in [9.17, 15) is 13.2 Å². The first-order valence-electron chi connectivity index (χ1n) is 14.1. The Morgan fingerprint density at radius 1 is 1.03 bits per heavy atom. The van der Waals surface area contributed by atoms with E-state index >= 15 is 0 Å². The fraction of sp³-hybridized carbons (Fsp3) is 0.517. The van der Waals surface area contributed by atoms with Gasteiger partial charge >= 0.3 is 0 Å². The zero-order chi connectivity index (χ0) is 27.2. The Balaban J connectivity index is 1.41. The lowest BCUT2D eigenvalue weighted by molar-refractivity contribution is 0.102. The highest BCUT2D eigenvalue weighted by atomic mass is 32.2. The molecule has 0 radical (unpaired) electrons. The molecule has 1 saturated heterocycles. The smallest absolute Gasteiger partial charge is 0.258 e. The number of ether oxygens (including phenoxy) is 1. The normalized spacial score (nSPS) is 17.5. The number of fused-ring (bicyclic) bond motifs is 1. The minimum absolute atomic E-state index is 0.0365. The molecule has 2 aliphatic rings. The number of aromatic nitrogens is 2. The summed E-state index contributed by atoms with van der Waals surface area (Å²) < 4.78 is 35.0. The molecule has 0 unspecified atom stereocenters. The Labute approximate surface area is 231 Å². The molecule has 0 bridgehead atoms. The second-order valence-electron chi connectivity index (χ2n) is 10.6. The molecule has 1 aliphatic carbocycles. The van der Waals surface area contributed by atoms with E-state index in [4.69, 9.17) is 9.72 Å². The van der Waals surface area contributed by atoms with Crippen molar-refractivity contribution in [2.45, 2.75) is 68.8 Å². The van der Waals surface area contributed by atoms with Crippen LogP contribution in [0.25, 0.3) is 11.0 Å². The number of carbonyl (C=O) groups excluding carboxylic acids is 1. The maximum Gasteiger partial charge on any atom is 0.258 e. The monoisotopic (exact) mass is 553 g/mol. The van der Waals surface area contributed by atoms with E-state index in [1.165, 1.54) is 50.5 Å². The Morgan fingerprint density at radius 3 is 2.56 bits per heavy atom. The first kappa shape index (κ1) is 27.8. The number of nitrogens with zero attached hydrogens (tertiary/aromatic N) is 3. The Hall–Kier alpha value is -2.79. The van der Waals surface area contributed by atoms with Gasteiger partial charge in [-0.3, -0.25) is 15.0 Å². The van der Waals surface area contributed by atoms with Crippen LogP contribution in [0.15, 0.2) is 47.4 Å². The molecule has 0 atom stereocenters. The van der Waals surface area contributed by atoms with Gasteiger partial charge in [-0.15, -0.1) is 0 Å². The standard InChI is InChI=1S/C29H39N5O4S/c1-38-18-15-30-39(36,37)25-12-8-9-23(20-25)28(35)32-29-31-26-19-22(21-33-16-6-3-7-17-33)13-14-27(26)34(29)24-10-4-2-5-11-24/h8-9,12-14,19-20,24,30H,2-7,10-11,15-18,21H2,1H3,(H,31,32,35). The fourth-order valence-electron chi connectivity index (χ4n) is 5.76. The largest absolute Gasteiger partial charge is 0.383 e. The van der Waals surface area contributed by atoms with E-state index in [-0.39, 0.29) is 35.6 Å². The number of amides is 1. The number of methoxy groups -OCH3 is 1. The van der Waals surface area contributed by atoms with Gasteiger partial charge < -0.3 is 9.30 Å². The van der Waals surface area contributed by atoms with Crippen molar-refractivity contribution in [1.82, 2.24) is 19.2 Å². The number of carbonyl (C=O) groups is 1. The quantitative estimate of drug-likeness (QED) is 0.353. The van der Waals surface area contributed by atoms with E-state index in [0.29, 0.717) is 5.95 Å². The van der Waals surface area contributed by atoms with E-state index in [2.05, 4.69) is 37.7 Å². The third-order valence-electron chi connectivity index (χ3n) is 7.78. The lowest BCUT2D eigenvalue weighted by atomic mass is 9.95. The predicted molar refractivity (Wildman–Crippen MR) is 152 cm³/mol. The van der Waals surface area contributed by atoms with Crippen LogP contribution in [0.5, 0.6) is 0 Å². The number of hydrogen-bond acceptors (Lipinski definition) is 6. The predicted octanol–water partition coefficient (Wildman–Crippen LogP) is 4.70. The van der Waals surface area contributed by atoms with Gasteiger partial charge in [0.05, 0.1) is 22.5 Å². The van der Waals surface area contributed by atoms with Gasteiger partial charge in [0.15, 0.2) is 0 Å². The molecule has 2 heterocycles. The van der Waals surface area contributed by atoms with Crippen molar-refractivity contribution in [3.05, 3.63) is 53.6 Å². The molecule has 2 N–H and O–H groups in total. The lowest BCUT2D eigenvalue weighted by Gasteiger charge is -2.26.